The summed E-state index contributed by atoms with van der Waals surface area (Å²) in [5, 5.41) is 3.69. The van der Waals surface area contributed by atoms with Crippen molar-refractivity contribution in [3.63, 3.8) is 0 Å². The van der Waals surface area contributed by atoms with Gasteiger partial charge in [-0.15, -0.1) is 0 Å². The third-order valence-corrected chi connectivity index (χ3v) is 3.92. The van der Waals surface area contributed by atoms with E-state index in [4.69, 9.17) is 4.74 Å². The lowest BCUT2D eigenvalue weighted by Gasteiger charge is -2.33. The van der Waals surface area contributed by atoms with Gasteiger partial charge >= 0.3 is 0 Å². The Morgan fingerprint density at radius 1 is 1.26 bits per heavy atom. The van der Waals surface area contributed by atoms with E-state index in [1.807, 2.05) is 0 Å². The van der Waals surface area contributed by atoms with Gasteiger partial charge in [0.15, 0.2) is 0 Å². The van der Waals surface area contributed by atoms with E-state index in [1.165, 1.54) is 36.8 Å². The first-order chi connectivity index (χ1) is 9.36. The molecule has 0 aliphatic carbocycles. The Morgan fingerprint density at radius 2 is 2.11 bits per heavy atom. The average Bonchev–Trinajstić information content (AvgIpc) is 2.47. The number of fused-ring (bicyclic) bond motifs is 1. The minimum Gasteiger partial charge on any atom is -0.372 e. The molecule has 2 atom stereocenters. The molecule has 19 heavy (non-hydrogen) atoms. The SMILES string of the molecule is CCCCC(NCCC)C1OCCc2ccccc21. The van der Waals surface area contributed by atoms with E-state index < -0.39 is 0 Å². The molecular weight excluding hydrogens is 234 g/mol. The molecule has 0 spiro atoms. The van der Waals surface area contributed by atoms with E-state index in [0.29, 0.717) is 6.04 Å². The van der Waals surface area contributed by atoms with Crippen molar-refractivity contribution in [2.24, 2.45) is 0 Å². The number of ether oxygens (including phenoxy) is 1. The number of hydrogen-bond acceptors (Lipinski definition) is 2. The van der Waals surface area contributed by atoms with Crippen LogP contribution < -0.4 is 5.32 Å². The van der Waals surface area contributed by atoms with Crippen molar-refractivity contribution in [1.29, 1.82) is 0 Å². The Balaban J connectivity index is 2.12. The highest BCUT2D eigenvalue weighted by molar-refractivity contribution is 5.31. The van der Waals surface area contributed by atoms with Crippen LogP contribution in [-0.2, 0) is 11.2 Å². The lowest BCUT2D eigenvalue weighted by molar-refractivity contribution is 0.0128. The van der Waals surface area contributed by atoms with Crippen LogP contribution in [0.4, 0.5) is 0 Å². The molecule has 2 heteroatoms. The molecule has 106 valence electrons. The quantitative estimate of drug-likeness (QED) is 0.804. The largest absolute Gasteiger partial charge is 0.372 e. The zero-order valence-corrected chi connectivity index (χ0v) is 12.3. The molecule has 1 aromatic carbocycles. The molecule has 2 unspecified atom stereocenters. The molecule has 0 amide bonds. The van der Waals surface area contributed by atoms with Gasteiger partial charge in [-0.2, -0.15) is 0 Å². The van der Waals surface area contributed by atoms with Gasteiger partial charge in [-0.05, 0) is 36.9 Å². The lowest BCUT2D eigenvalue weighted by atomic mass is 9.91. The standard InChI is InChI=1S/C17H27NO/c1-3-5-10-16(18-12-4-2)17-15-9-7-6-8-14(15)11-13-19-17/h6-9,16-18H,3-5,10-13H2,1-2H3. The average molecular weight is 261 g/mol. The second-order valence-electron chi connectivity index (χ2n) is 5.44. The van der Waals surface area contributed by atoms with E-state index in [-0.39, 0.29) is 6.10 Å². The Kier molecular flexibility index (Phi) is 5.87. The third kappa shape index (κ3) is 3.80. The van der Waals surface area contributed by atoms with Crippen molar-refractivity contribution in [2.75, 3.05) is 13.2 Å². The molecule has 2 rings (SSSR count). The number of nitrogens with one attached hydrogen (secondary N) is 1. The first-order valence-corrected chi connectivity index (χ1v) is 7.79. The smallest absolute Gasteiger partial charge is 0.0980 e. The Labute approximate surface area is 117 Å². The maximum Gasteiger partial charge on any atom is 0.0980 e. The molecule has 0 bridgehead atoms. The lowest BCUT2D eigenvalue weighted by Crippen LogP contribution is -2.38. The predicted molar refractivity (Wildman–Crippen MR) is 80.4 cm³/mol. The fraction of sp³-hybridized carbons (Fsp3) is 0.647. The van der Waals surface area contributed by atoms with Gasteiger partial charge in [0.25, 0.3) is 0 Å². The number of rotatable bonds is 7. The molecule has 2 nitrogen and oxygen atoms in total. The Hall–Kier alpha value is -0.860. The van der Waals surface area contributed by atoms with E-state index >= 15 is 0 Å². The molecule has 0 aromatic heterocycles. The van der Waals surface area contributed by atoms with Gasteiger partial charge in [0, 0.05) is 6.04 Å². The molecule has 0 fully saturated rings. The number of unbranched alkanes of at least 4 members (excludes halogenated alkanes) is 1. The fourth-order valence-electron chi connectivity index (χ4n) is 2.87. The fourth-order valence-corrected chi connectivity index (χ4v) is 2.87. The summed E-state index contributed by atoms with van der Waals surface area (Å²) in [5.74, 6) is 0. The number of benzene rings is 1. The van der Waals surface area contributed by atoms with Crippen LogP contribution >= 0.6 is 0 Å². The summed E-state index contributed by atoms with van der Waals surface area (Å²) < 4.78 is 6.10. The molecule has 0 saturated heterocycles. The molecule has 1 N–H and O–H groups in total. The van der Waals surface area contributed by atoms with Crippen LogP contribution in [0.2, 0.25) is 0 Å². The molecule has 1 aliphatic heterocycles. The minimum atomic E-state index is 0.239. The molecule has 1 heterocycles. The van der Waals surface area contributed by atoms with Gasteiger partial charge in [-0.3, -0.25) is 0 Å². The second kappa shape index (κ2) is 7.66. The van der Waals surface area contributed by atoms with Gasteiger partial charge in [-0.1, -0.05) is 51.0 Å². The summed E-state index contributed by atoms with van der Waals surface area (Å²) in [4.78, 5) is 0. The van der Waals surface area contributed by atoms with E-state index in [0.717, 1.165) is 19.6 Å². The van der Waals surface area contributed by atoms with Gasteiger partial charge < -0.3 is 10.1 Å². The predicted octanol–water partition coefficient (Wildman–Crippen LogP) is 3.86. The zero-order valence-electron chi connectivity index (χ0n) is 12.3. The molecule has 0 saturated carbocycles. The highest BCUT2D eigenvalue weighted by atomic mass is 16.5. The van der Waals surface area contributed by atoms with E-state index in [1.54, 1.807) is 0 Å². The van der Waals surface area contributed by atoms with Crippen molar-refractivity contribution in [3.8, 4) is 0 Å². The molecule has 1 aliphatic rings. The van der Waals surface area contributed by atoms with Crippen LogP contribution in [0.5, 0.6) is 0 Å². The summed E-state index contributed by atoms with van der Waals surface area (Å²) in [6.45, 7) is 6.42. The van der Waals surface area contributed by atoms with Crippen LogP contribution in [0.1, 0.15) is 56.8 Å². The summed E-state index contributed by atoms with van der Waals surface area (Å²) in [5.41, 5.74) is 2.87. The van der Waals surface area contributed by atoms with Crippen LogP contribution in [0.3, 0.4) is 0 Å². The Morgan fingerprint density at radius 3 is 2.89 bits per heavy atom. The Bertz CT molecular complexity index is 369. The normalized spacial score (nSPS) is 20.0. The van der Waals surface area contributed by atoms with Crippen molar-refractivity contribution < 1.29 is 4.74 Å². The van der Waals surface area contributed by atoms with Crippen molar-refractivity contribution in [1.82, 2.24) is 5.32 Å². The molecule has 1 aromatic rings. The maximum atomic E-state index is 6.10. The first-order valence-electron chi connectivity index (χ1n) is 7.79. The summed E-state index contributed by atoms with van der Waals surface area (Å²) in [6, 6.07) is 9.23. The van der Waals surface area contributed by atoms with Gasteiger partial charge in [0.05, 0.1) is 12.7 Å². The highest BCUT2D eigenvalue weighted by Crippen LogP contribution is 2.31. The van der Waals surface area contributed by atoms with Crippen molar-refractivity contribution >= 4 is 0 Å². The van der Waals surface area contributed by atoms with Crippen LogP contribution in [0, 0.1) is 0 Å². The summed E-state index contributed by atoms with van der Waals surface area (Å²) in [6.07, 6.45) is 6.19. The van der Waals surface area contributed by atoms with E-state index in [2.05, 4.69) is 43.4 Å². The third-order valence-electron chi connectivity index (χ3n) is 3.92. The highest BCUT2D eigenvalue weighted by Gasteiger charge is 2.27. The van der Waals surface area contributed by atoms with Gasteiger partial charge in [0.2, 0.25) is 0 Å². The van der Waals surface area contributed by atoms with Crippen molar-refractivity contribution in [2.45, 2.75) is 58.1 Å². The minimum absolute atomic E-state index is 0.239. The molecular formula is C17H27NO. The van der Waals surface area contributed by atoms with Crippen LogP contribution in [-0.4, -0.2) is 19.2 Å². The maximum absolute atomic E-state index is 6.10. The molecule has 0 radical (unpaired) electrons. The van der Waals surface area contributed by atoms with E-state index in [9.17, 15) is 0 Å². The second-order valence-corrected chi connectivity index (χ2v) is 5.44. The summed E-state index contributed by atoms with van der Waals surface area (Å²) >= 11 is 0. The number of hydrogen-bond donors (Lipinski definition) is 1. The van der Waals surface area contributed by atoms with Gasteiger partial charge in [-0.25, -0.2) is 0 Å². The van der Waals surface area contributed by atoms with Crippen molar-refractivity contribution in [3.05, 3.63) is 35.4 Å². The van der Waals surface area contributed by atoms with Gasteiger partial charge in [0.1, 0.15) is 0 Å². The summed E-state index contributed by atoms with van der Waals surface area (Å²) in [7, 11) is 0. The zero-order chi connectivity index (χ0) is 13.5. The van der Waals surface area contributed by atoms with Crippen LogP contribution in [0.25, 0.3) is 0 Å². The monoisotopic (exact) mass is 261 g/mol. The first kappa shape index (κ1) is 14.5. The van der Waals surface area contributed by atoms with Crippen LogP contribution in [0.15, 0.2) is 24.3 Å². The topological polar surface area (TPSA) is 21.3 Å².